The summed E-state index contributed by atoms with van der Waals surface area (Å²) in [6.07, 6.45) is 4.95. The molecule has 0 saturated heterocycles. The van der Waals surface area contributed by atoms with Crippen LogP contribution in [0.4, 0.5) is 5.69 Å². The van der Waals surface area contributed by atoms with E-state index in [-0.39, 0.29) is 0 Å². The summed E-state index contributed by atoms with van der Waals surface area (Å²) >= 11 is 0. The van der Waals surface area contributed by atoms with Crippen LogP contribution in [-0.2, 0) is 0 Å². The molecule has 0 unspecified atom stereocenters. The van der Waals surface area contributed by atoms with Crippen molar-refractivity contribution >= 4 is 5.69 Å². The van der Waals surface area contributed by atoms with E-state index in [1.165, 1.54) is 24.9 Å². The van der Waals surface area contributed by atoms with Gasteiger partial charge in [-0.2, -0.15) is 0 Å². The Labute approximate surface area is 85.5 Å². The molecule has 2 heteroatoms. The lowest BCUT2D eigenvalue weighted by atomic mass is 9.91. The molecule has 0 radical (unpaired) electrons. The van der Waals surface area contributed by atoms with E-state index in [1.54, 1.807) is 0 Å². The van der Waals surface area contributed by atoms with E-state index in [4.69, 9.17) is 5.73 Å². The monoisotopic (exact) mass is 190 g/mol. The van der Waals surface area contributed by atoms with Crippen LogP contribution in [-0.4, -0.2) is 12.1 Å². The molecule has 0 heterocycles. The van der Waals surface area contributed by atoms with Crippen LogP contribution in [0.15, 0.2) is 30.3 Å². The largest absolute Gasteiger partial charge is 0.381 e. The predicted molar refractivity (Wildman–Crippen MR) is 60.3 cm³/mol. The zero-order valence-electron chi connectivity index (χ0n) is 8.45. The van der Waals surface area contributed by atoms with Crippen molar-refractivity contribution < 1.29 is 0 Å². The quantitative estimate of drug-likeness (QED) is 0.751. The second-order valence-corrected chi connectivity index (χ2v) is 4.07. The van der Waals surface area contributed by atoms with Gasteiger partial charge in [-0.3, -0.25) is 0 Å². The SMILES string of the molecule is N[C@H]1CCCC[C@@H]1Nc1ccccc1. The highest BCUT2D eigenvalue weighted by atomic mass is 15.0. The Morgan fingerprint density at radius 3 is 2.50 bits per heavy atom. The van der Waals surface area contributed by atoms with Crippen LogP contribution in [0, 0.1) is 0 Å². The van der Waals surface area contributed by atoms with Crippen molar-refractivity contribution in [2.24, 2.45) is 5.73 Å². The molecule has 1 aromatic carbocycles. The topological polar surface area (TPSA) is 38.0 Å². The van der Waals surface area contributed by atoms with Gasteiger partial charge in [0.25, 0.3) is 0 Å². The van der Waals surface area contributed by atoms with Gasteiger partial charge in [-0.1, -0.05) is 31.0 Å². The number of rotatable bonds is 2. The third kappa shape index (κ3) is 2.26. The van der Waals surface area contributed by atoms with E-state index in [9.17, 15) is 0 Å². The Morgan fingerprint density at radius 1 is 1.07 bits per heavy atom. The molecule has 2 nitrogen and oxygen atoms in total. The number of para-hydroxylation sites is 1. The minimum Gasteiger partial charge on any atom is -0.381 e. The highest BCUT2D eigenvalue weighted by Gasteiger charge is 2.20. The maximum atomic E-state index is 6.06. The Bertz CT molecular complexity index is 271. The second kappa shape index (κ2) is 4.47. The van der Waals surface area contributed by atoms with Gasteiger partial charge < -0.3 is 11.1 Å². The van der Waals surface area contributed by atoms with Crippen molar-refractivity contribution in [1.29, 1.82) is 0 Å². The van der Waals surface area contributed by atoms with Crippen LogP contribution in [0.3, 0.4) is 0 Å². The highest BCUT2D eigenvalue weighted by molar-refractivity contribution is 5.43. The molecule has 1 fully saturated rings. The first-order valence-electron chi connectivity index (χ1n) is 5.43. The van der Waals surface area contributed by atoms with Crippen molar-refractivity contribution in [3.8, 4) is 0 Å². The fourth-order valence-electron chi connectivity index (χ4n) is 2.09. The molecule has 14 heavy (non-hydrogen) atoms. The summed E-state index contributed by atoms with van der Waals surface area (Å²) in [5, 5.41) is 3.51. The van der Waals surface area contributed by atoms with Crippen LogP contribution in [0.1, 0.15) is 25.7 Å². The zero-order chi connectivity index (χ0) is 9.80. The van der Waals surface area contributed by atoms with Gasteiger partial charge in [-0.15, -0.1) is 0 Å². The average Bonchev–Trinajstić information content (AvgIpc) is 2.23. The second-order valence-electron chi connectivity index (χ2n) is 4.07. The fraction of sp³-hybridized carbons (Fsp3) is 0.500. The molecule has 0 spiro atoms. The van der Waals surface area contributed by atoms with Crippen molar-refractivity contribution in [2.75, 3.05) is 5.32 Å². The molecule has 2 rings (SSSR count). The average molecular weight is 190 g/mol. The van der Waals surface area contributed by atoms with Gasteiger partial charge in [0.1, 0.15) is 0 Å². The predicted octanol–water partition coefficient (Wildman–Crippen LogP) is 2.37. The van der Waals surface area contributed by atoms with Crippen molar-refractivity contribution in [2.45, 2.75) is 37.8 Å². The molecule has 0 bridgehead atoms. The van der Waals surface area contributed by atoms with E-state index >= 15 is 0 Å². The molecule has 1 aliphatic rings. The lowest BCUT2D eigenvalue weighted by molar-refractivity contribution is 0.404. The summed E-state index contributed by atoms with van der Waals surface area (Å²) in [5.74, 6) is 0. The number of hydrogen-bond donors (Lipinski definition) is 2. The van der Waals surface area contributed by atoms with Crippen LogP contribution in [0.5, 0.6) is 0 Å². The Morgan fingerprint density at radius 2 is 1.79 bits per heavy atom. The van der Waals surface area contributed by atoms with Crippen molar-refractivity contribution in [1.82, 2.24) is 0 Å². The Balaban J connectivity index is 1.96. The molecule has 3 N–H and O–H groups in total. The summed E-state index contributed by atoms with van der Waals surface area (Å²) in [6, 6.07) is 11.1. The lowest BCUT2D eigenvalue weighted by Crippen LogP contribution is -2.42. The molecular formula is C12H18N2. The minimum absolute atomic E-state index is 0.323. The number of benzene rings is 1. The summed E-state index contributed by atoms with van der Waals surface area (Å²) < 4.78 is 0. The number of nitrogens with two attached hydrogens (primary N) is 1. The van der Waals surface area contributed by atoms with E-state index in [2.05, 4.69) is 29.6 Å². The normalized spacial score (nSPS) is 27.2. The molecule has 0 amide bonds. The van der Waals surface area contributed by atoms with Gasteiger partial charge in [0.05, 0.1) is 0 Å². The third-order valence-corrected chi connectivity index (χ3v) is 2.95. The number of anilines is 1. The first-order valence-corrected chi connectivity index (χ1v) is 5.43. The molecule has 1 aromatic rings. The smallest absolute Gasteiger partial charge is 0.0412 e. The maximum absolute atomic E-state index is 6.06. The molecule has 1 saturated carbocycles. The fourth-order valence-corrected chi connectivity index (χ4v) is 2.09. The minimum atomic E-state index is 0.323. The zero-order valence-corrected chi connectivity index (χ0v) is 8.45. The molecule has 0 aliphatic heterocycles. The molecular weight excluding hydrogens is 172 g/mol. The van der Waals surface area contributed by atoms with Gasteiger partial charge in [0, 0.05) is 17.8 Å². The van der Waals surface area contributed by atoms with E-state index < -0.39 is 0 Å². The van der Waals surface area contributed by atoms with E-state index in [0.29, 0.717) is 12.1 Å². The van der Waals surface area contributed by atoms with Crippen LogP contribution in [0.2, 0.25) is 0 Å². The summed E-state index contributed by atoms with van der Waals surface area (Å²) in [4.78, 5) is 0. The summed E-state index contributed by atoms with van der Waals surface area (Å²) in [5.41, 5.74) is 7.25. The molecule has 76 valence electrons. The number of nitrogens with one attached hydrogen (secondary N) is 1. The maximum Gasteiger partial charge on any atom is 0.0412 e. The Kier molecular flexibility index (Phi) is 3.04. The van der Waals surface area contributed by atoms with E-state index in [1.807, 2.05) is 6.07 Å². The van der Waals surface area contributed by atoms with Gasteiger partial charge in [0.15, 0.2) is 0 Å². The summed E-state index contributed by atoms with van der Waals surface area (Å²) in [6.45, 7) is 0. The van der Waals surface area contributed by atoms with Gasteiger partial charge in [0.2, 0.25) is 0 Å². The molecule has 0 aromatic heterocycles. The standard InChI is InChI=1S/C12H18N2/c13-11-8-4-5-9-12(11)14-10-6-2-1-3-7-10/h1-3,6-7,11-12,14H,4-5,8-9,13H2/t11-,12-/m0/s1. The van der Waals surface area contributed by atoms with E-state index in [0.717, 1.165) is 6.42 Å². The lowest BCUT2D eigenvalue weighted by Gasteiger charge is -2.30. The molecule has 2 atom stereocenters. The van der Waals surface area contributed by atoms with Crippen molar-refractivity contribution in [3.05, 3.63) is 30.3 Å². The first-order chi connectivity index (χ1) is 6.86. The van der Waals surface area contributed by atoms with Gasteiger partial charge in [-0.25, -0.2) is 0 Å². The van der Waals surface area contributed by atoms with Gasteiger partial charge in [-0.05, 0) is 25.0 Å². The van der Waals surface area contributed by atoms with Crippen molar-refractivity contribution in [3.63, 3.8) is 0 Å². The molecule has 1 aliphatic carbocycles. The van der Waals surface area contributed by atoms with Crippen LogP contribution in [0.25, 0.3) is 0 Å². The summed E-state index contributed by atoms with van der Waals surface area (Å²) in [7, 11) is 0. The third-order valence-electron chi connectivity index (χ3n) is 2.95. The van der Waals surface area contributed by atoms with Gasteiger partial charge >= 0.3 is 0 Å². The van der Waals surface area contributed by atoms with Crippen LogP contribution < -0.4 is 11.1 Å². The number of hydrogen-bond acceptors (Lipinski definition) is 2. The first kappa shape index (κ1) is 9.53. The Hall–Kier alpha value is -1.02. The van der Waals surface area contributed by atoms with Crippen LogP contribution >= 0.6 is 0 Å². The highest BCUT2D eigenvalue weighted by Crippen LogP contribution is 2.20.